The number of benzene rings is 2. The van der Waals surface area contributed by atoms with E-state index in [0.717, 1.165) is 6.26 Å². The second-order valence-electron chi connectivity index (χ2n) is 5.72. The second kappa shape index (κ2) is 7.96. The van der Waals surface area contributed by atoms with Crippen molar-refractivity contribution in [1.29, 1.82) is 0 Å². The molecule has 142 valence electrons. The third-order valence-corrected chi connectivity index (χ3v) is 6.69. The number of sulfonamides is 1. The molecule has 1 atom stereocenters. The number of sulfone groups is 1. The van der Waals surface area contributed by atoms with E-state index in [1.807, 2.05) is 6.92 Å². The standard InChI is InChI=1S/C17H20ClNO5S2/c1-4-15(12-5-8-14(9-6-12)25(3,20)21)19-26(22,23)17-11-13(18)7-10-16(17)24-2/h5-11,15,19H,4H2,1-3H3. The molecule has 2 aromatic carbocycles. The number of hydrogen-bond donors (Lipinski definition) is 1. The van der Waals surface area contributed by atoms with E-state index in [4.69, 9.17) is 16.3 Å². The lowest BCUT2D eigenvalue weighted by molar-refractivity contribution is 0.402. The number of rotatable bonds is 7. The van der Waals surface area contributed by atoms with Gasteiger partial charge in [-0.25, -0.2) is 21.6 Å². The molecule has 0 fully saturated rings. The molecule has 2 aromatic rings. The largest absolute Gasteiger partial charge is 0.495 e. The Balaban J connectivity index is 2.36. The summed E-state index contributed by atoms with van der Waals surface area (Å²) in [5.74, 6) is 0.184. The van der Waals surface area contributed by atoms with Crippen molar-refractivity contribution in [1.82, 2.24) is 4.72 Å². The summed E-state index contributed by atoms with van der Waals surface area (Å²) in [6, 6.07) is 9.94. The Labute approximate surface area is 159 Å². The summed E-state index contributed by atoms with van der Waals surface area (Å²) in [6.07, 6.45) is 1.59. The summed E-state index contributed by atoms with van der Waals surface area (Å²) < 4.78 is 56.4. The van der Waals surface area contributed by atoms with Crippen molar-refractivity contribution in [3.8, 4) is 5.75 Å². The Bertz CT molecular complexity index is 986. The van der Waals surface area contributed by atoms with E-state index in [1.54, 1.807) is 18.2 Å². The number of ether oxygens (including phenoxy) is 1. The molecule has 0 heterocycles. The Hall–Kier alpha value is -1.61. The van der Waals surface area contributed by atoms with Gasteiger partial charge in [-0.2, -0.15) is 0 Å². The molecule has 0 aliphatic rings. The van der Waals surface area contributed by atoms with Crippen molar-refractivity contribution in [2.75, 3.05) is 13.4 Å². The van der Waals surface area contributed by atoms with E-state index in [9.17, 15) is 16.8 Å². The Morgan fingerprint density at radius 2 is 1.69 bits per heavy atom. The van der Waals surface area contributed by atoms with Gasteiger partial charge < -0.3 is 4.74 Å². The van der Waals surface area contributed by atoms with Gasteiger partial charge in [0.1, 0.15) is 10.6 Å². The van der Waals surface area contributed by atoms with Gasteiger partial charge in [-0.15, -0.1) is 0 Å². The van der Waals surface area contributed by atoms with E-state index >= 15 is 0 Å². The molecule has 26 heavy (non-hydrogen) atoms. The minimum Gasteiger partial charge on any atom is -0.495 e. The second-order valence-corrected chi connectivity index (χ2v) is 9.85. The van der Waals surface area contributed by atoms with Gasteiger partial charge in [0.25, 0.3) is 0 Å². The third-order valence-electron chi connectivity index (χ3n) is 3.83. The highest BCUT2D eigenvalue weighted by Crippen LogP contribution is 2.29. The van der Waals surface area contributed by atoms with Crippen LogP contribution in [0.3, 0.4) is 0 Å². The lowest BCUT2D eigenvalue weighted by Gasteiger charge is -2.19. The molecule has 6 nitrogen and oxygen atoms in total. The van der Waals surface area contributed by atoms with Gasteiger partial charge in [0.2, 0.25) is 10.0 Å². The van der Waals surface area contributed by atoms with Crippen LogP contribution in [0.4, 0.5) is 0 Å². The summed E-state index contributed by atoms with van der Waals surface area (Å²) >= 11 is 5.92. The summed E-state index contributed by atoms with van der Waals surface area (Å²) in [6.45, 7) is 1.83. The van der Waals surface area contributed by atoms with Gasteiger partial charge in [0.05, 0.1) is 12.0 Å². The smallest absolute Gasteiger partial charge is 0.244 e. The van der Waals surface area contributed by atoms with Crippen molar-refractivity contribution in [3.63, 3.8) is 0 Å². The van der Waals surface area contributed by atoms with E-state index in [0.29, 0.717) is 12.0 Å². The molecular weight excluding hydrogens is 398 g/mol. The fourth-order valence-corrected chi connectivity index (χ4v) is 4.82. The molecule has 9 heteroatoms. The van der Waals surface area contributed by atoms with Gasteiger partial charge in [-0.3, -0.25) is 0 Å². The van der Waals surface area contributed by atoms with E-state index in [-0.39, 0.29) is 20.6 Å². The maximum atomic E-state index is 12.8. The van der Waals surface area contributed by atoms with E-state index < -0.39 is 25.9 Å². The molecule has 0 aliphatic heterocycles. The molecule has 0 saturated heterocycles. The zero-order valence-corrected chi connectivity index (χ0v) is 17.0. The fraction of sp³-hybridized carbons (Fsp3) is 0.294. The van der Waals surface area contributed by atoms with Crippen LogP contribution in [0.15, 0.2) is 52.3 Å². The van der Waals surface area contributed by atoms with Crippen LogP contribution in [0, 0.1) is 0 Å². The zero-order chi connectivity index (χ0) is 19.5. The van der Waals surface area contributed by atoms with Crippen LogP contribution in [0.25, 0.3) is 0 Å². The molecule has 1 N–H and O–H groups in total. The first-order valence-corrected chi connectivity index (χ1v) is 11.5. The number of nitrogens with one attached hydrogen (secondary N) is 1. The van der Waals surface area contributed by atoms with Crippen molar-refractivity contribution in [3.05, 3.63) is 53.1 Å². The summed E-state index contributed by atoms with van der Waals surface area (Å²) in [5, 5.41) is 0.275. The molecular formula is C17H20ClNO5S2. The average molecular weight is 418 g/mol. The van der Waals surface area contributed by atoms with E-state index in [1.165, 1.54) is 31.4 Å². The van der Waals surface area contributed by atoms with Crippen LogP contribution in [0.2, 0.25) is 5.02 Å². The quantitative estimate of drug-likeness (QED) is 0.747. The van der Waals surface area contributed by atoms with Gasteiger partial charge in [-0.1, -0.05) is 30.7 Å². The van der Waals surface area contributed by atoms with Crippen LogP contribution in [-0.2, 0) is 19.9 Å². The highest BCUT2D eigenvalue weighted by atomic mass is 35.5. The van der Waals surface area contributed by atoms with Gasteiger partial charge >= 0.3 is 0 Å². The molecule has 0 saturated carbocycles. The van der Waals surface area contributed by atoms with Crippen molar-refractivity contribution in [2.45, 2.75) is 29.2 Å². The minimum atomic E-state index is -3.90. The molecule has 0 spiro atoms. The lowest BCUT2D eigenvalue weighted by atomic mass is 10.1. The van der Waals surface area contributed by atoms with Gasteiger partial charge in [0.15, 0.2) is 9.84 Å². The predicted molar refractivity (Wildman–Crippen MR) is 101 cm³/mol. The monoisotopic (exact) mass is 417 g/mol. The normalized spacial score (nSPS) is 13.4. The van der Waals surface area contributed by atoms with Crippen molar-refractivity contribution in [2.24, 2.45) is 0 Å². The molecule has 0 radical (unpaired) electrons. The van der Waals surface area contributed by atoms with Crippen LogP contribution in [-0.4, -0.2) is 30.2 Å². The maximum Gasteiger partial charge on any atom is 0.244 e. The molecule has 1 unspecified atom stereocenters. The highest BCUT2D eigenvalue weighted by Gasteiger charge is 2.24. The van der Waals surface area contributed by atoms with Gasteiger partial charge in [0, 0.05) is 17.3 Å². The fourth-order valence-electron chi connectivity index (χ4n) is 2.45. The average Bonchev–Trinajstić information content (AvgIpc) is 2.59. The SMILES string of the molecule is CCC(NS(=O)(=O)c1cc(Cl)ccc1OC)c1ccc(S(C)(=O)=O)cc1. The summed E-state index contributed by atoms with van der Waals surface area (Å²) in [5.41, 5.74) is 0.657. The highest BCUT2D eigenvalue weighted by molar-refractivity contribution is 7.90. The van der Waals surface area contributed by atoms with Crippen molar-refractivity contribution < 1.29 is 21.6 Å². The topological polar surface area (TPSA) is 89.5 Å². The number of methoxy groups -OCH3 is 1. The molecule has 2 rings (SSSR count). The van der Waals surface area contributed by atoms with Crippen molar-refractivity contribution >= 4 is 31.5 Å². The third kappa shape index (κ3) is 4.76. The molecule has 0 amide bonds. The molecule has 0 bridgehead atoms. The first-order valence-electron chi connectivity index (χ1n) is 7.74. The predicted octanol–water partition coefficient (Wildman–Crippen LogP) is 3.18. The first-order chi connectivity index (χ1) is 12.1. The Morgan fingerprint density at radius 3 is 2.19 bits per heavy atom. The van der Waals surface area contributed by atoms with Crippen LogP contribution in [0.1, 0.15) is 24.9 Å². The number of hydrogen-bond acceptors (Lipinski definition) is 5. The zero-order valence-electron chi connectivity index (χ0n) is 14.6. The van der Waals surface area contributed by atoms with Gasteiger partial charge in [-0.05, 0) is 42.3 Å². The summed E-state index contributed by atoms with van der Waals surface area (Å²) in [7, 11) is -5.84. The minimum absolute atomic E-state index is 0.0568. The lowest BCUT2D eigenvalue weighted by Crippen LogP contribution is -2.28. The Kier molecular flexibility index (Phi) is 6.33. The van der Waals surface area contributed by atoms with Crippen LogP contribution >= 0.6 is 11.6 Å². The van der Waals surface area contributed by atoms with Crippen LogP contribution in [0.5, 0.6) is 5.75 Å². The maximum absolute atomic E-state index is 12.8. The molecule has 0 aromatic heterocycles. The van der Waals surface area contributed by atoms with E-state index in [2.05, 4.69) is 4.72 Å². The molecule has 0 aliphatic carbocycles. The van der Waals surface area contributed by atoms with Crippen LogP contribution < -0.4 is 9.46 Å². The first kappa shape index (κ1) is 20.7. The Morgan fingerprint density at radius 1 is 1.08 bits per heavy atom. The number of halogens is 1. The summed E-state index contributed by atoms with van der Waals surface area (Å²) in [4.78, 5) is 0.120.